The van der Waals surface area contributed by atoms with Crippen molar-refractivity contribution in [2.45, 2.75) is 19.6 Å². The third-order valence-electron chi connectivity index (χ3n) is 5.07. The number of para-hydroxylation sites is 1. The number of aryl methyl sites for hydroxylation is 1. The summed E-state index contributed by atoms with van der Waals surface area (Å²) in [6.07, 6.45) is -0.334. The molecule has 3 aromatic rings. The maximum atomic E-state index is 13.3. The highest BCUT2D eigenvalue weighted by Crippen LogP contribution is 2.34. The molecule has 1 heterocycles. The SMILES string of the molecule is Cc1ccc(CN2C(=O)c3ccccc3N[C@@H]2c2ccc(OCC(N)=O)cc2)cc1. The first-order chi connectivity index (χ1) is 14.5. The van der Waals surface area contributed by atoms with E-state index >= 15 is 0 Å². The molecule has 6 heteroatoms. The molecule has 30 heavy (non-hydrogen) atoms. The minimum Gasteiger partial charge on any atom is -0.484 e. The number of benzene rings is 3. The van der Waals surface area contributed by atoms with Gasteiger partial charge in [-0.1, -0.05) is 54.1 Å². The molecule has 3 N–H and O–H groups in total. The molecule has 0 saturated heterocycles. The lowest BCUT2D eigenvalue weighted by atomic mass is 10.0. The lowest BCUT2D eigenvalue weighted by Gasteiger charge is -2.38. The second kappa shape index (κ2) is 8.29. The van der Waals surface area contributed by atoms with Gasteiger partial charge in [-0.2, -0.15) is 0 Å². The van der Waals surface area contributed by atoms with Crippen molar-refractivity contribution in [3.8, 4) is 5.75 Å². The molecule has 1 aliphatic rings. The van der Waals surface area contributed by atoms with Crippen LogP contribution in [0.2, 0.25) is 0 Å². The Kier molecular flexibility index (Phi) is 5.39. The maximum Gasteiger partial charge on any atom is 0.258 e. The molecule has 152 valence electrons. The van der Waals surface area contributed by atoms with Gasteiger partial charge in [-0.3, -0.25) is 9.59 Å². The molecule has 0 radical (unpaired) electrons. The van der Waals surface area contributed by atoms with Crippen molar-refractivity contribution in [3.05, 3.63) is 95.1 Å². The summed E-state index contributed by atoms with van der Waals surface area (Å²) in [4.78, 5) is 26.1. The maximum absolute atomic E-state index is 13.3. The topological polar surface area (TPSA) is 84.7 Å². The summed E-state index contributed by atoms with van der Waals surface area (Å²) >= 11 is 0. The zero-order chi connectivity index (χ0) is 21.1. The summed E-state index contributed by atoms with van der Waals surface area (Å²) in [7, 11) is 0. The highest BCUT2D eigenvalue weighted by Gasteiger charge is 2.32. The Labute approximate surface area is 175 Å². The first kappa shape index (κ1) is 19.5. The lowest BCUT2D eigenvalue weighted by molar-refractivity contribution is -0.119. The molecule has 1 atom stereocenters. The van der Waals surface area contributed by atoms with Crippen LogP contribution in [-0.2, 0) is 11.3 Å². The van der Waals surface area contributed by atoms with Crippen LogP contribution in [0.5, 0.6) is 5.75 Å². The fraction of sp³-hybridized carbons (Fsp3) is 0.167. The minimum atomic E-state index is -0.528. The van der Waals surface area contributed by atoms with Crippen LogP contribution in [0.15, 0.2) is 72.8 Å². The molecule has 0 spiro atoms. The van der Waals surface area contributed by atoms with E-state index in [4.69, 9.17) is 10.5 Å². The molecule has 0 aliphatic carbocycles. The standard InChI is InChI=1S/C24H23N3O3/c1-16-6-8-17(9-7-16)14-27-23(26-21-5-3-2-4-20(21)24(27)29)18-10-12-19(13-11-18)30-15-22(25)28/h2-13,23,26H,14-15H2,1H3,(H2,25,28)/t23-/m0/s1. The van der Waals surface area contributed by atoms with Gasteiger partial charge in [-0.05, 0) is 42.3 Å². The lowest BCUT2D eigenvalue weighted by Crippen LogP contribution is -2.42. The predicted molar refractivity (Wildman–Crippen MR) is 115 cm³/mol. The number of amides is 2. The molecule has 0 unspecified atom stereocenters. The second-order valence-electron chi connectivity index (χ2n) is 7.34. The Hall–Kier alpha value is -3.80. The molecule has 2 amide bonds. The summed E-state index contributed by atoms with van der Waals surface area (Å²) < 4.78 is 5.35. The smallest absolute Gasteiger partial charge is 0.258 e. The van der Waals surface area contributed by atoms with E-state index in [1.165, 1.54) is 5.56 Å². The number of fused-ring (bicyclic) bond motifs is 1. The molecule has 6 nitrogen and oxygen atoms in total. The number of carbonyl (C=O) groups excluding carboxylic acids is 2. The normalized spacial score (nSPS) is 15.3. The molecule has 0 aromatic heterocycles. The number of rotatable bonds is 6. The predicted octanol–water partition coefficient (Wildman–Crippen LogP) is 3.63. The van der Waals surface area contributed by atoms with Gasteiger partial charge in [0.15, 0.2) is 6.61 Å². The number of nitrogens with zero attached hydrogens (tertiary/aromatic N) is 1. The molecule has 0 saturated carbocycles. The van der Waals surface area contributed by atoms with Crippen molar-refractivity contribution in [1.82, 2.24) is 4.90 Å². The van der Waals surface area contributed by atoms with Crippen LogP contribution >= 0.6 is 0 Å². The van der Waals surface area contributed by atoms with E-state index < -0.39 is 5.91 Å². The Morgan fingerprint density at radius 3 is 2.43 bits per heavy atom. The molecule has 3 aromatic carbocycles. The monoisotopic (exact) mass is 401 g/mol. The van der Waals surface area contributed by atoms with Crippen LogP contribution in [0.3, 0.4) is 0 Å². The van der Waals surface area contributed by atoms with Crippen molar-refractivity contribution in [1.29, 1.82) is 0 Å². The first-order valence-electron chi connectivity index (χ1n) is 9.74. The van der Waals surface area contributed by atoms with Gasteiger partial charge in [-0.25, -0.2) is 0 Å². The quantitative estimate of drug-likeness (QED) is 0.661. The zero-order valence-corrected chi connectivity index (χ0v) is 16.7. The van der Waals surface area contributed by atoms with Crippen LogP contribution in [0.1, 0.15) is 33.2 Å². The third-order valence-corrected chi connectivity index (χ3v) is 5.07. The Morgan fingerprint density at radius 2 is 1.73 bits per heavy atom. The van der Waals surface area contributed by atoms with Gasteiger partial charge in [0.05, 0.1) is 5.56 Å². The fourth-order valence-electron chi connectivity index (χ4n) is 3.51. The van der Waals surface area contributed by atoms with E-state index in [1.807, 2.05) is 72.5 Å². The summed E-state index contributed by atoms with van der Waals surface area (Å²) in [5.41, 5.74) is 9.74. The summed E-state index contributed by atoms with van der Waals surface area (Å²) in [5.74, 6) is -0.00588. The van der Waals surface area contributed by atoms with Crippen molar-refractivity contribution in [2.75, 3.05) is 11.9 Å². The highest BCUT2D eigenvalue weighted by atomic mass is 16.5. The summed E-state index contributed by atoms with van der Waals surface area (Å²) in [6, 6.07) is 23.0. The van der Waals surface area contributed by atoms with E-state index in [9.17, 15) is 9.59 Å². The summed E-state index contributed by atoms with van der Waals surface area (Å²) in [6.45, 7) is 2.34. The van der Waals surface area contributed by atoms with Gasteiger partial charge in [-0.15, -0.1) is 0 Å². The first-order valence-corrected chi connectivity index (χ1v) is 9.74. The average molecular weight is 401 g/mol. The number of anilines is 1. The number of hydrogen-bond acceptors (Lipinski definition) is 4. The van der Waals surface area contributed by atoms with E-state index in [0.29, 0.717) is 17.9 Å². The summed E-state index contributed by atoms with van der Waals surface area (Å²) in [5, 5.41) is 3.49. The number of primary amides is 1. The molecule has 1 aliphatic heterocycles. The molecule has 0 fully saturated rings. The number of ether oxygens (including phenoxy) is 1. The van der Waals surface area contributed by atoms with Crippen LogP contribution in [0.25, 0.3) is 0 Å². The third kappa shape index (κ3) is 4.12. The number of nitrogens with one attached hydrogen (secondary N) is 1. The Bertz CT molecular complexity index is 1060. The van der Waals surface area contributed by atoms with Crippen molar-refractivity contribution in [3.63, 3.8) is 0 Å². The Balaban J connectivity index is 1.65. The zero-order valence-electron chi connectivity index (χ0n) is 16.7. The van der Waals surface area contributed by atoms with Crippen LogP contribution in [0, 0.1) is 6.92 Å². The average Bonchev–Trinajstić information content (AvgIpc) is 2.76. The van der Waals surface area contributed by atoms with Gasteiger partial charge in [0, 0.05) is 12.2 Å². The second-order valence-corrected chi connectivity index (χ2v) is 7.34. The van der Waals surface area contributed by atoms with Crippen molar-refractivity contribution < 1.29 is 14.3 Å². The van der Waals surface area contributed by atoms with E-state index in [2.05, 4.69) is 5.32 Å². The molecule has 0 bridgehead atoms. The van der Waals surface area contributed by atoms with Crippen LogP contribution < -0.4 is 15.8 Å². The van der Waals surface area contributed by atoms with Gasteiger partial charge in [0.1, 0.15) is 11.9 Å². The Morgan fingerprint density at radius 1 is 1.03 bits per heavy atom. The van der Waals surface area contributed by atoms with E-state index in [-0.39, 0.29) is 18.7 Å². The van der Waals surface area contributed by atoms with E-state index in [0.717, 1.165) is 16.8 Å². The van der Waals surface area contributed by atoms with Crippen molar-refractivity contribution in [2.24, 2.45) is 5.73 Å². The fourth-order valence-corrected chi connectivity index (χ4v) is 3.51. The minimum absolute atomic E-state index is 0.0241. The number of carbonyl (C=O) groups is 2. The number of hydrogen-bond donors (Lipinski definition) is 2. The number of nitrogens with two attached hydrogens (primary N) is 1. The van der Waals surface area contributed by atoms with Gasteiger partial charge < -0.3 is 20.7 Å². The van der Waals surface area contributed by atoms with Crippen LogP contribution in [-0.4, -0.2) is 23.3 Å². The van der Waals surface area contributed by atoms with Gasteiger partial charge in [0.25, 0.3) is 11.8 Å². The van der Waals surface area contributed by atoms with Crippen molar-refractivity contribution >= 4 is 17.5 Å². The largest absolute Gasteiger partial charge is 0.484 e. The van der Waals surface area contributed by atoms with Crippen LogP contribution in [0.4, 0.5) is 5.69 Å². The molecular weight excluding hydrogens is 378 g/mol. The molecular formula is C24H23N3O3. The van der Waals surface area contributed by atoms with Gasteiger partial charge in [0.2, 0.25) is 0 Å². The van der Waals surface area contributed by atoms with Gasteiger partial charge >= 0.3 is 0 Å². The van der Waals surface area contributed by atoms with E-state index in [1.54, 1.807) is 12.1 Å². The highest BCUT2D eigenvalue weighted by molar-refractivity contribution is 6.01. The molecule has 4 rings (SSSR count).